The van der Waals surface area contributed by atoms with E-state index in [1.807, 2.05) is 55.4 Å². The first kappa shape index (κ1) is 22.8. The van der Waals surface area contributed by atoms with Gasteiger partial charge in [0.05, 0.1) is 0 Å². The molecule has 1 N–H and O–H groups in total. The molecule has 168 valence electrons. The number of rotatable bonds is 8. The molecule has 0 aliphatic carbocycles. The van der Waals surface area contributed by atoms with Crippen LogP contribution in [0.5, 0.6) is 10.9 Å². The molecule has 9 heteroatoms. The largest absolute Gasteiger partial charge is 0.430 e. The molecule has 1 heterocycles. The molecule has 6 nitrogen and oxygen atoms in total. The minimum absolute atomic E-state index is 0.245. The summed E-state index contributed by atoms with van der Waals surface area (Å²) in [7, 11) is 3.95. The van der Waals surface area contributed by atoms with Gasteiger partial charge in [-0.05, 0) is 65.4 Å². The molecule has 0 atom stereocenters. The third kappa shape index (κ3) is 6.30. The third-order valence-electron chi connectivity index (χ3n) is 4.61. The van der Waals surface area contributed by atoms with E-state index in [1.165, 1.54) is 35.6 Å². The SMILES string of the molecule is CN(C)c1cccc(Oc2nnc(SCc3ccc(C(=O)Nc4ccc(F)cc4)cc3)s2)c1. The molecule has 1 aromatic heterocycles. The smallest absolute Gasteiger partial charge is 0.300 e. The Labute approximate surface area is 199 Å². The molecule has 0 radical (unpaired) electrons. The van der Waals surface area contributed by atoms with Gasteiger partial charge in [0.25, 0.3) is 11.1 Å². The molecule has 0 saturated carbocycles. The normalized spacial score (nSPS) is 10.6. The van der Waals surface area contributed by atoms with Gasteiger partial charge in [-0.1, -0.05) is 35.1 Å². The number of carbonyl (C=O) groups is 1. The van der Waals surface area contributed by atoms with Crippen molar-refractivity contribution in [3.8, 4) is 10.9 Å². The topological polar surface area (TPSA) is 67.3 Å². The number of nitrogens with one attached hydrogen (secondary N) is 1. The Balaban J connectivity index is 1.30. The first-order valence-electron chi connectivity index (χ1n) is 10.0. The first-order chi connectivity index (χ1) is 16.0. The van der Waals surface area contributed by atoms with Crippen LogP contribution in [0.3, 0.4) is 0 Å². The maximum atomic E-state index is 13.0. The van der Waals surface area contributed by atoms with Gasteiger partial charge < -0.3 is 15.0 Å². The zero-order valence-corrected chi connectivity index (χ0v) is 19.6. The summed E-state index contributed by atoms with van der Waals surface area (Å²) in [6, 6.07) is 20.8. The van der Waals surface area contributed by atoms with Gasteiger partial charge in [0, 0.05) is 42.9 Å². The number of halogens is 1. The van der Waals surface area contributed by atoms with Crippen LogP contribution in [0.15, 0.2) is 77.1 Å². The van der Waals surface area contributed by atoms with Gasteiger partial charge in [-0.15, -0.1) is 5.10 Å². The van der Waals surface area contributed by atoms with Gasteiger partial charge in [0.15, 0.2) is 4.34 Å². The number of carbonyl (C=O) groups excluding carboxylic acids is 1. The lowest BCUT2D eigenvalue weighted by atomic mass is 10.1. The van der Waals surface area contributed by atoms with Gasteiger partial charge in [-0.25, -0.2) is 4.39 Å². The van der Waals surface area contributed by atoms with Crippen LogP contribution in [0.4, 0.5) is 15.8 Å². The number of amides is 1. The second kappa shape index (κ2) is 10.5. The second-order valence-electron chi connectivity index (χ2n) is 7.27. The maximum absolute atomic E-state index is 13.0. The lowest BCUT2D eigenvalue weighted by Gasteiger charge is -2.12. The van der Waals surface area contributed by atoms with Gasteiger partial charge in [0.1, 0.15) is 11.6 Å². The molecule has 0 aliphatic heterocycles. The summed E-state index contributed by atoms with van der Waals surface area (Å²) in [4.78, 5) is 14.4. The Hall–Kier alpha value is -3.43. The van der Waals surface area contributed by atoms with Crippen molar-refractivity contribution in [3.05, 3.63) is 89.7 Å². The fourth-order valence-corrected chi connectivity index (χ4v) is 4.51. The molecule has 0 unspecified atom stereocenters. The average Bonchev–Trinajstić information content (AvgIpc) is 3.27. The summed E-state index contributed by atoms with van der Waals surface area (Å²) in [5.41, 5.74) is 3.17. The fourth-order valence-electron chi connectivity index (χ4n) is 2.86. The van der Waals surface area contributed by atoms with Crippen molar-refractivity contribution in [2.45, 2.75) is 10.1 Å². The minimum atomic E-state index is -0.345. The van der Waals surface area contributed by atoms with Crippen LogP contribution in [-0.4, -0.2) is 30.2 Å². The van der Waals surface area contributed by atoms with Gasteiger partial charge in [-0.2, -0.15) is 0 Å². The zero-order valence-electron chi connectivity index (χ0n) is 18.0. The van der Waals surface area contributed by atoms with E-state index in [0.29, 0.717) is 27.9 Å². The summed E-state index contributed by atoms with van der Waals surface area (Å²) in [5.74, 6) is 0.806. The van der Waals surface area contributed by atoms with E-state index >= 15 is 0 Å². The highest BCUT2D eigenvalue weighted by molar-refractivity contribution is 8.00. The molecule has 4 aromatic rings. The van der Waals surface area contributed by atoms with Crippen LogP contribution in [-0.2, 0) is 5.75 Å². The number of hydrogen-bond acceptors (Lipinski definition) is 7. The van der Waals surface area contributed by atoms with Crippen LogP contribution < -0.4 is 15.0 Å². The summed E-state index contributed by atoms with van der Waals surface area (Å²) in [6.07, 6.45) is 0. The highest BCUT2D eigenvalue weighted by atomic mass is 32.2. The number of benzene rings is 3. The van der Waals surface area contributed by atoms with Gasteiger partial charge >= 0.3 is 0 Å². The lowest BCUT2D eigenvalue weighted by molar-refractivity contribution is 0.102. The highest BCUT2D eigenvalue weighted by Gasteiger charge is 2.10. The van der Waals surface area contributed by atoms with Gasteiger partial charge in [-0.3, -0.25) is 4.79 Å². The van der Waals surface area contributed by atoms with E-state index < -0.39 is 0 Å². The molecule has 0 aliphatic rings. The molecule has 1 amide bonds. The summed E-state index contributed by atoms with van der Waals surface area (Å²) in [5, 5.41) is 11.5. The Bertz CT molecular complexity index is 1230. The van der Waals surface area contributed by atoms with Gasteiger partial charge in [0.2, 0.25) is 0 Å². The third-order valence-corrected chi connectivity index (χ3v) is 6.61. The molecule has 0 spiro atoms. The molecule has 4 rings (SSSR count). The van der Waals surface area contributed by atoms with E-state index in [2.05, 4.69) is 15.5 Å². The van der Waals surface area contributed by atoms with Crippen molar-refractivity contribution in [1.29, 1.82) is 0 Å². The quantitative estimate of drug-likeness (QED) is 0.308. The predicted molar refractivity (Wildman–Crippen MR) is 131 cm³/mol. The van der Waals surface area contributed by atoms with Crippen LogP contribution in [0.25, 0.3) is 0 Å². The average molecular weight is 481 g/mol. The molecule has 0 saturated heterocycles. The maximum Gasteiger partial charge on any atom is 0.300 e. The molecular weight excluding hydrogens is 459 g/mol. The van der Waals surface area contributed by atoms with Crippen LogP contribution in [0, 0.1) is 5.82 Å². The van der Waals surface area contributed by atoms with Crippen molar-refractivity contribution >= 4 is 40.4 Å². The monoisotopic (exact) mass is 480 g/mol. The van der Waals surface area contributed by atoms with Crippen molar-refractivity contribution in [1.82, 2.24) is 10.2 Å². The lowest BCUT2D eigenvalue weighted by Crippen LogP contribution is -2.11. The van der Waals surface area contributed by atoms with Crippen LogP contribution >= 0.6 is 23.1 Å². The highest BCUT2D eigenvalue weighted by Crippen LogP contribution is 2.33. The van der Waals surface area contributed by atoms with Crippen molar-refractivity contribution in [2.24, 2.45) is 0 Å². The van der Waals surface area contributed by atoms with E-state index in [-0.39, 0.29) is 11.7 Å². The molecule has 33 heavy (non-hydrogen) atoms. The number of hydrogen-bond donors (Lipinski definition) is 1. The van der Waals surface area contributed by atoms with Crippen LogP contribution in [0.2, 0.25) is 0 Å². The standard InChI is InChI=1S/C24H21FN4O2S2/c1-29(2)20-4-3-5-21(14-20)31-23-27-28-24(33-23)32-15-16-6-8-17(9-7-16)22(30)26-19-12-10-18(25)11-13-19/h3-14H,15H2,1-2H3,(H,26,30). The first-order valence-corrected chi connectivity index (χ1v) is 11.8. The Kier molecular flexibility index (Phi) is 7.21. The Morgan fingerprint density at radius 3 is 2.55 bits per heavy atom. The van der Waals surface area contributed by atoms with Crippen LogP contribution in [0.1, 0.15) is 15.9 Å². The number of nitrogens with zero attached hydrogens (tertiary/aromatic N) is 3. The summed E-state index contributed by atoms with van der Waals surface area (Å²) < 4.78 is 19.6. The molecule has 0 bridgehead atoms. The fraction of sp³-hybridized carbons (Fsp3) is 0.125. The number of anilines is 2. The predicted octanol–water partition coefficient (Wildman–Crippen LogP) is 6.08. The van der Waals surface area contributed by atoms with E-state index in [0.717, 1.165) is 15.6 Å². The molecule has 3 aromatic carbocycles. The molecule has 0 fully saturated rings. The Morgan fingerprint density at radius 2 is 1.82 bits per heavy atom. The molecular formula is C24H21FN4O2S2. The second-order valence-corrected chi connectivity index (χ2v) is 9.44. The van der Waals surface area contributed by atoms with E-state index in [9.17, 15) is 9.18 Å². The number of thioether (sulfide) groups is 1. The summed E-state index contributed by atoms with van der Waals surface area (Å²) >= 11 is 2.94. The summed E-state index contributed by atoms with van der Waals surface area (Å²) in [6.45, 7) is 0. The van der Waals surface area contributed by atoms with E-state index in [4.69, 9.17) is 4.74 Å². The van der Waals surface area contributed by atoms with Crippen molar-refractivity contribution in [2.75, 3.05) is 24.3 Å². The van der Waals surface area contributed by atoms with Crippen molar-refractivity contribution < 1.29 is 13.9 Å². The Morgan fingerprint density at radius 1 is 1.06 bits per heavy atom. The minimum Gasteiger partial charge on any atom is -0.430 e. The zero-order chi connectivity index (χ0) is 23.2. The van der Waals surface area contributed by atoms with E-state index in [1.54, 1.807) is 23.9 Å². The number of ether oxygens (including phenoxy) is 1. The van der Waals surface area contributed by atoms with Crippen molar-refractivity contribution in [3.63, 3.8) is 0 Å². The number of aromatic nitrogens is 2.